The summed E-state index contributed by atoms with van der Waals surface area (Å²) in [7, 11) is 0. The van der Waals surface area contributed by atoms with Gasteiger partial charge in [-0.1, -0.05) is 0 Å². The van der Waals surface area contributed by atoms with Crippen molar-refractivity contribution in [1.82, 2.24) is 9.36 Å². The average Bonchev–Trinajstić information content (AvgIpc) is 2.53. The van der Waals surface area contributed by atoms with Gasteiger partial charge in [-0.3, -0.25) is 0 Å². The van der Waals surface area contributed by atoms with Crippen LogP contribution in [-0.2, 0) is 0 Å². The van der Waals surface area contributed by atoms with Gasteiger partial charge in [-0.15, -0.1) is 0 Å². The molecule has 1 unspecified atom stereocenters. The summed E-state index contributed by atoms with van der Waals surface area (Å²) in [6.45, 7) is 2.32. The van der Waals surface area contributed by atoms with Crippen LogP contribution in [0.4, 0.5) is 5.13 Å². The quantitative estimate of drug-likeness (QED) is 0.725. The van der Waals surface area contributed by atoms with Gasteiger partial charge in [-0.2, -0.15) is 4.37 Å². The smallest absolute Gasteiger partial charge is 0.202 e. The van der Waals surface area contributed by atoms with Gasteiger partial charge in [0.25, 0.3) is 0 Å². The molecule has 0 bridgehead atoms. The first-order chi connectivity index (χ1) is 5.83. The first-order valence-corrected chi connectivity index (χ1v) is 4.74. The number of hydrogen-bond donors (Lipinski definition) is 2. The van der Waals surface area contributed by atoms with E-state index >= 15 is 0 Å². The third-order valence-electron chi connectivity index (χ3n) is 1.53. The summed E-state index contributed by atoms with van der Waals surface area (Å²) in [5.41, 5.74) is 0. The van der Waals surface area contributed by atoms with E-state index < -0.39 is 0 Å². The molecular weight excluding hydrogens is 174 g/mol. The number of aliphatic hydroxyl groups excluding tert-OH is 1. The van der Waals surface area contributed by atoms with E-state index in [1.165, 1.54) is 17.9 Å². The van der Waals surface area contributed by atoms with Gasteiger partial charge in [0.15, 0.2) is 0 Å². The lowest BCUT2D eigenvalue weighted by Gasteiger charge is -2.10. The Hall–Kier alpha value is -0.680. The van der Waals surface area contributed by atoms with Gasteiger partial charge in [-0.25, -0.2) is 4.98 Å². The van der Waals surface area contributed by atoms with Gasteiger partial charge in [-0.05, 0) is 19.8 Å². The van der Waals surface area contributed by atoms with E-state index in [-0.39, 0.29) is 6.61 Å². The second kappa shape index (κ2) is 5.05. The van der Waals surface area contributed by atoms with Crippen LogP contribution in [0.2, 0.25) is 0 Å². The SMILES string of the molecule is CC(CCCO)Nc1ncns1. The van der Waals surface area contributed by atoms with Crippen molar-refractivity contribution >= 4 is 16.7 Å². The largest absolute Gasteiger partial charge is 0.396 e. The second-order valence-electron chi connectivity index (χ2n) is 2.66. The van der Waals surface area contributed by atoms with Crippen molar-refractivity contribution in [2.75, 3.05) is 11.9 Å². The summed E-state index contributed by atoms with van der Waals surface area (Å²) in [5.74, 6) is 0. The minimum atomic E-state index is 0.252. The standard InChI is InChI=1S/C7H13N3OS/c1-6(3-2-4-11)10-7-8-5-9-12-7/h5-6,11H,2-4H2,1H3,(H,8,9,10). The van der Waals surface area contributed by atoms with Crippen LogP contribution in [0.3, 0.4) is 0 Å². The highest BCUT2D eigenvalue weighted by molar-refractivity contribution is 7.09. The molecule has 0 aliphatic carbocycles. The molecule has 1 rings (SSSR count). The Labute approximate surface area is 75.8 Å². The Kier molecular flexibility index (Phi) is 3.96. The molecule has 0 radical (unpaired) electrons. The predicted molar refractivity (Wildman–Crippen MR) is 49.3 cm³/mol. The number of aromatic nitrogens is 2. The van der Waals surface area contributed by atoms with Gasteiger partial charge < -0.3 is 10.4 Å². The highest BCUT2D eigenvalue weighted by Crippen LogP contribution is 2.10. The molecule has 0 saturated carbocycles. The summed E-state index contributed by atoms with van der Waals surface area (Å²) >= 11 is 1.35. The van der Waals surface area contributed by atoms with Gasteiger partial charge >= 0.3 is 0 Å². The monoisotopic (exact) mass is 187 g/mol. The van der Waals surface area contributed by atoms with Crippen LogP contribution < -0.4 is 5.32 Å². The normalized spacial score (nSPS) is 12.8. The summed E-state index contributed by atoms with van der Waals surface area (Å²) < 4.78 is 3.87. The Morgan fingerprint density at radius 3 is 3.17 bits per heavy atom. The molecule has 1 heterocycles. The van der Waals surface area contributed by atoms with Crippen molar-refractivity contribution in [3.05, 3.63) is 6.33 Å². The molecular formula is C7H13N3OS. The first kappa shape index (κ1) is 9.41. The molecule has 12 heavy (non-hydrogen) atoms. The van der Waals surface area contributed by atoms with Crippen LogP contribution in [0.1, 0.15) is 19.8 Å². The Bertz CT molecular complexity index is 202. The fourth-order valence-electron chi connectivity index (χ4n) is 0.917. The molecule has 68 valence electrons. The Balaban J connectivity index is 2.22. The molecule has 0 fully saturated rings. The number of nitrogens with zero attached hydrogens (tertiary/aromatic N) is 2. The lowest BCUT2D eigenvalue weighted by Crippen LogP contribution is -2.15. The predicted octanol–water partition coefficient (Wildman–Crippen LogP) is 1.11. The van der Waals surface area contributed by atoms with Gasteiger partial charge in [0.05, 0.1) is 0 Å². The highest BCUT2D eigenvalue weighted by Gasteiger charge is 2.02. The van der Waals surface area contributed by atoms with Crippen LogP contribution in [0.25, 0.3) is 0 Å². The maximum atomic E-state index is 8.59. The molecule has 5 heteroatoms. The highest BCUT2D eigenvalue weighted by atomic mass is 32.1. The maximum Gasteiger partial charge on any atom is 0.202 e. The molecule has 0 saturated heterocycles. The lowest BCUT2D eigenvalue weighted by molar-refractivity contribution is 0.282. The van der Waals surface area contributed by atoms with Crippen molar-refractivity contribution in [3.8, 4) is 0 Å². The van der Waals surface area contributed by atoms with Crippen LogP contribution in [-0.4, -0.2) is 27.1 Å². The molecule has 1 atom stereocenters. The Morgan fingerprint density at radius 1 is 1.75 bits per heavy atom. The molecule has 0 aliphatic rings. The molecule has 0 aromatic carbocycles. The fourth-order valence-corrected chi connectivity index (χ4v) is 1.46. The number of hydrogen-bond acceptors (Lipinski definition) is 5. The zero-order valence-corrected chi connectivity index (χ0v) is 7.84. The third-order valence-corrected chi connectivity index (χ3v) is 2.12. The van der Waals surface area contributed by atoms with E-state index in [1.54, 1.807) is 0 Å². The summed E-state index contributed by atoms with van der Waals surface area (Å²) in [6, 6.07) is 0.352. The second-order valence-corrected chi connectivity index (χ2v) is 3.44. The van der Waals surface area contributed by atoms with Gasteiger partial charge in [0.1, 0.15) is 6.33 Å². The first-order valence-electron chi connectivity index (χ1n) is 3.97. The number of aliphatic hydroxyl groups is 1. The fraction of sp³-hybridized carbons (Fsp3) is 0.714. The maximum absolute atomic E-state index is 8.59. The van der Waals surface area contributed by atoms with E-state index in [0.29, 0.717) is 6.04 Å². The minimum Gasteiger partial charge on any atom is -0.396 e. The molecule has 0 amide bonds. The summed E-state index contributed by atoms with van der Waals surface area (Å²) in [4.78, 5) is 4.00. The molecule has 1 aromatic rings. The molecule has 2 N–H and O–H groups in total. The van der Waals surface area contributed by atoms with Crippen LogP contribution >= 0.6 is 11.5 Å². The van der Waals surface area contributed by atoms with Crippen LogP contribution in [0, 0.1) is 0 Å². The van der Waals surface area contributed by atoms with Crippen LogP contribution in [0.5, 0.6) is 0 Å². The number of anilines is 1. The van der Waals surface area contributed by atoms with E-state index in [4.69, 9.17) is 5.11 Å². The van der Waals surface area contributed by atoms with E-state index in [9.17, 15) is 0 Å². The number of nitrogens with one attached hydrogen (secondary N) is 1. The van der Waals surface area contributed by atoms with Crippen molar-refractivity contribution in [1.29, 1.82) is 0 Å². The van der Waals surface area contributed by atoms with E-state index in [2.05, 4.69) is 21.6 Å². The zero-order valence-electron chi connectivity index (χ0n) is 7.03. The van der Waals surface area contributed by atoms with Crippen molar-refractivity contribution < 1.29 is 5.11 Å². The number of rotatable bonds is 5. The van der Waals surface area contributed by atoms with E-state index in [1.807, 2.05) is 0 Å². The molecule has 4 nitrogen and oxygen atoms in total. The van der Waals surface area contributed by atoms with Crippen molar-refractivity contribution in [2.45, 2.75) is 25.8 Å². The van der Waals surface area contributed by atoms with Gasteiger partial charge in [0, 0.05) is 24.2 Å². The summed E-state index contributed by atoms with van der Waals surface area (Å²) in [5, 5.41) is 12.6. The zero-order chi connectivity index (χ0) is 8.81. The lowest BCUT2D eigenvalue weighted by atomic mass is 10.2. The summed E-state index contributed by atoms with van der Waals surface area (Å²) in [6.07, 6.45) is 3.31. The molecule has 0 spiro atoms. The molecule has 0 aliphatic heterocycles. The van der Waals surface area contributed by atoms with Crippen LogP contribution in [0.15, 0.2) is 6.33 Å². The van der Waals surface area contributed by atoms with Crippen molar-refractivity contribution in [3.63, 3.8) is 0 Å². The van der Waals surface area contributed by atoms with Gasteiger partial charge in [0.2, 0.25) is 5.13 Å². The van der Waals surface area contributed by atoms with Crippen molar-refractivity contribution in [2.24, 2.45) is 0 Å². The molecule has 1 aromatic heterocycles. The van der Waals surface area contributed by atoms with E-state index in [0.717, 1.165) is 18.0 Å². The topological polar surface area (TPSA) is 58.0 Å². The third kappa shape index (κ3) is 3.15. The average molecular weight is 187 g/mol. The Morgan fingerprint density at radius 2 is 2.58 bits per heavy atom. The minimum absolute atomic E-state index is 0.252.